The second-order valence-electron chi connectivity index (χ2n) is 5.04. The van der Waals surface area contributed by atoms with Crippen LogP contribution in [0.3, 0.4) is 0 Å². The van der Waals surface area contributed by atoms with E-state index < -0.39 is 0 Å². The molecule has 106 valence electrons. The van der Waals surface area contributed by atoms with E-state index in [1.54, 1.807) is 7.11 Å². The van der Waals surface area contributed by atoms with Gasteiger partial charge in [0.2, 0.25) is 0 Å². The minimum Gasteiger partial charge on any atom is -0.496 e. The number of aryl methyl sites for hydroxylation is 1. The molecule has 0 amide bonds. The van der Waals surface area contributed by atoms with Gasteiger partial charge in [-0.1, -0.05) is 54.6 Å². The van der Waals surface area contributed by atoms with E-state index in [1.165, 1.54) is 0 Å². The maximum absolute atomic E-state index is 6.03. The van der Waals surface area contributed by atoms with Crippen molar-refractivity contribution in [3.63, 3.8) is 0 Å². The summed E-state index contributed by atoms with van der Waals surface area (Å²) in [6.45, 7) is 2.61. The van der Waals surface area contributed by atoms with Crippen molar-refractivity contribution in [2.75, 3.05) is 7.11 Å². The maximum Gasteiger partial charge on any atom is 0.129 e. The van der Waals surface area contributed by atoms with Gasteiger partial charge in [-0.25, -0.2) is 0 Å². The molecule has 0 aliphatic carbocycles. The molecule has 3 aromatic rings. The van der Waals surface area contributed by atoms with E-state index in [4.69, 9.17) is 9.47 Å². The molecule has 0 spiro atoms. The summed E-state index contributed by atoms with van der Waals surface area (Å²) in [5, 5.41) is 2.17. The van der Waals surface area contributed by atoms with E-state index in [1.807, 2.05) is 43.3 Å². The first kappa shape index (κ1) is 13.5. The fourth-order valence-electron chi connectivity index (χ4n) is 2.57. The number of rotatable bonds is 4. The lowest BCUT2D eigenvalue weighted by atomic mass is 10.0. The molecule has 21 heavy (non-hydrogen) atoms. The Hall–Kier alpha value is -2.48. The quantitative estimate of drug-likeness (QED) is 0.686. The van der Waals surface area contributed by atoms with Crippen LogP contribution < -0.4 is 9.47 Å². The average molecular weight is 278 g/mol. The number of ether oxygens (including phenoxy) is 2. The van der Waals surface area contributed by atoms with Gasteiger partial charge in [0.1, 0.15) is 18.1 Å². The summed E-state index contributed by atoms with van der Waals surface area (Å²) >= 11 is 0. The van der Waals surface area contributed by atoms with Crippen molar-refractivity contribution < 1.29 is 9.47 Å². The van der Waals surface area contributed by atoms with Crippen LogP contribution in [0.1, 0.15) is 11.1 Å². The molecule has 0 saturated heterocycles. The fraction of sp³-hybridized carbons (Fsp3) is 0.158. The minimum absolute atomic E-state index is 0.566. The van der Waals surface area contributed by atoms with Crippen molar-refractivity contribution >= 4 is 10.8 Å². The smallest absolute Gasteiger partial charge is 0.129 e. The van der Waals surface area contributed by atoms with Crippen LogP contribution in [0.15, 0.2) is 60.7 Å². The summed E-state index contributed by atoms with van der Waals surface area (Å²) < 4.78 is 11.6. The van der Waals surface area contributed by atoms with Crippen molar-refractivity contribution in [3.05, 3.63) is 71.8 Å². The Bertz CT molecular complexity index is 748. The number of fused-ring (bicyclic) bond motifs is 1. The third-order valence-corrected chi connectivity index (χ3v) is 3.58. The van der Waals surface area contributed by atoms with Crippen LogP contribution in [0.25, 0.3) is 10.8 Å². The predicted octanol–water partition coefficient (Wildman–Crippen LogP) is 4.74. The topological polar surface area (TPSA) is 18.5 Å². The number of hydrogen-bond acceptors (Lipinski definition) is 2. The SMILES string of the molecule is COc1c(C)cc(OCc2ccccc2)c2ccccc12. The molecule has 0 aliphatic heterocycles. The zero-order chi connectivity index (χ0) is 14.7. The first-order valence-corrected chi connectivity index (χ1v) is 7.02. The molecule has 0 atom stereocenters. The first-order valence-electron chi connectivity index (χ1n) is 7.02. The van der Waals surface area contributed by atoms with Crippen molar-refractivity contribution in [3.8, 4) is 11.5 Å². The summed E-state index contributed by atoms with van der Waals surface area (Å²) in [6.07, 6.45) is 0. The van der Waals surface area contributed by atoms with Crippen molar-refractivity contribution in [1.29, 1.82) is 0 Å². The Balaban J connectivity index is 1.99. The zero-order valence-corrected chi connectivity index (χ0v) is 12.3. The summed E-state index contributed by atoms with van der Waals surface area (Å²) in [5.41, 5.74) is 2.24. The highest BCUT2D eigenvalue weighted by Crippen LogP contribution is 2.36. The molecule has 0 fully saturated rings. The molecular formula is C19H18O2. The van der Waals surface area contributed by atoms with Gasteiger partial charge >= 0.3 is 0 Å². The van der Waals surface area contributed by atoms with Crippen LogP contribution in [0.2, 0.25) is 0 Å². The highest BCUT2D eigenvalue weighted by molar-refractivity contribution is 5.94. The molecule has 0 bridgehead atoms. The van der Waals surface area contributed by atoms with E-state index in [0.717, 1.165) is 33.4 Å². The van der Waals surface area contributed by atoms with Crippen LogP contribution >= 0.6 is 0 Å². The second-order valence-corrected chi connectivity index (χ2v) is 5.04. The fourth-order valence-corrected chi connectivity index (χ4v) is 2.57. The Labute approximate surface area is 124 Å². The van der Waals surface area contributed by atoms with Gasteiger partial charge in [-0.15, -0.1) is 0 Å². The third kappa shape index (κ3) is 2.70. The Morgan fingerprint density at radius 1 is 0.857 bits per heavy atom. The van der Waals surface area contributed by atoms with Gasteiger partial charge in [-0.3, -0.25) is 0 Å². The number of methoxy groups -OCH3 is 1. The van der Waals surface area contributed by atoms with Crippen molar-refractivity contribution in [2.24, 2.45) is 0 Å². The molecule has 0 saturated carbocycles. The van der Waals surface area contributed by atoms with Gasteiger partial charge in [0, 0.05) is 10.8 Å². The molecule has 0 radical (unpaired) electrons. The van der Waals surface area contributed by atoms with E-state index >= 15 is 0 Å². The largest absolute Gasteiger partial charge is 0.496 e. The van der Waals surface area contributed by atoms with Gasteiger partial charge < -0.3 is 9.47 Å². The van der Waals surface area contributed by atoms with Gasteiger partial charge in [-0.2, -0.15) is 0 Å². The lowest BCUT2D eigenvalue weighted by molar-refractivity contribution is 0.309. The number of hydrogen-bond donors (Lipinski definition) is 0. The van der Waals surface area contributed by atoms with E-state index in [0.29, 0.717) is 6.61 Å². The molecule has 3 aromatic carbocycles. The molecule has 2 heteroatoms. The minimum atomic E-state index is 0.566. The molecule has 3 rings (SSSR count). The lowest BCUT2D eigenvalue weighted by Gasteiger charge is -2.14. The monoisotopic (exact) mass is 278 g/mol. The number of benzene rings is 3. The van der Waals surface area contributed by atoms with Gasteiger partial charge in [-0.05, 0) is 24.1 Å². The highest BCUT2D eigenvalue weighted by atomic mass is 16.5. The van der Waals surface area contributed by atoms with Crippen LogP contribution in [0, 0.1) is 6.92 Å². The first-order chi connectivity index (χ1) is 10.3. The second kappa shape index (κ2) is 5.88. The highest BCUT2D eigenvalue weighted by Gasteiger charge is 2.10. The van der Waals surface area contributed by atoms with E-state index in [9.17, 15) is 0 Å². The van der Waals surface area contributed by atoms with Crippen LogP contribution in [-0.4, -0.2) is 7.11 Å². The molecular weight excluding hydrogens is 260 g/mol. The normalized spacial score (nSPS) is 10.6. The van der Waals surface area contributed by atoms with Crippen LogP contribution in [0.5, 0.6) is 11.5 Å². The van der Waals surface area contributed by atoms with Gasteiger partial charge in [0.25, 0.3) is 0 Å². The third-order valence-electron chi connectivity index (χ3n) is 3.58. The zero-order valence-electron chi connectivity index (χ0n) is 12.3. The maximum atomic E-state index is 6.03. The summed E-state index contributed by atoms with van der Waals surface area (Å²) in [7, 11) is 1.71. The van der Waals surface area contributed by atoms with Crippen molar-refractivity contribution in [1.82, 2.24) is 0 Å². The van der Waals surface area contributed by atoms with Gasteiger partial charge in [0.15, 0.2) is 0 Å². The summed E-state index contributed by atoms with van der Waals surface area (Å²) in [6, 6.07) is 20.4. The molecule has 0 unspecified atom stereocenters. The molecule has 0 N–H and O–H groups in total. The molecule has 2 nitrogen and oxygen atoms in total. The molecule has 0 aromatic heterocycles. The lowest BCUT2D eigenvalue weighted by Crippen LogP contribution is -1.98. The Morgan fingerprint density at radius 2 is 1.52 bits per heavy atom. The Kier molecular flexibility index (Phi) is 3.78. The molecule has 0 heterocycles. The summed E-state index contributed by atoms with van der Waals surface area (Å²) in [4.78, 5) is 0. The van der Waals surface area contributed by atoms with Gasteiger partial charge in [0.05, 0.1) is 7.11 Å². The average Bonchev–Trinajstić information content (AvgIpc) is 2.54. The van der Waals surface area contributed by atoms with E-state index in [2.05, 4.69) is 24.3 Å². The molecule has 0 aliphatic rings. The van der Waals surface area contributed by atoms with E-state index in [-0.39, 0.29) is 0 Å². The predicted molar refractivity (Wildman–Crippen MR) is 86.0 cm³/mol. The summed E-state index contributed by atoms with van der Waals surface area (Å²) in [5.74, 6) is 1.81. The van der Waals surface area contributed by atoms with Crippen LogP contribution in [-0.2, 0) is 6.61 Å². The van der Waals surface area contributed by atoms with Crippen molar-refractivity contribution in [2.45, 2.75) is 13.5 Å². The standard InChI is InChI=1S/C19H18O2/c1-14-12-18(21-13-15-8-4-3-5-9-15)16-10-6-7-11-17(16)19(14)20-2/h3-12H,13H2,1-2H3. The Morgan fingerprint density at radius 3 is 2.24 bits per heavy atom. The van der Waals surface area contributed by atoms with Crippen LogP contribution in [0.4, 0.5) is 0 Å².